The van der Waals surface area contributed by atoms with Crippen molar-refractivity contribution in [2.45, 2.75) is 45.1 Å². The van der Waals surface area contributed by atoms with E-state index in [4.69, 9.17) is 0 Å². The molecule has 1 aromatic heterocycles. The molecule has 0 radical (unpaired) electrons. The largest absolute Gasteiger partial charge is 0.310 e. The molecule has 0 bridgehead atoms. The predicted molar refractivity (Wildman–Crippen MR) is 89.3 cm³/mol. The van der Waals surface area contributed by atoms with Gasteiger partial charge in [0, 0.05) is 17.6 Å². The first kappa shape index (κ1) is 14.3. The van der Waals surface area contributed by atoms with Crippen molar-refractivity contribution < 1.29 is 0 Å². The summed E-state index contributed by atoms with van der Waals surface area (Å²) < 4.78 is 0. The number of nitrogens with one attached hydrogen (secondary N) is 1. The molecule has 110 valence electrons. The van der Waals surface area contributed by atoms with Crippen molar-refractivity contribution in [1.82, 2.24) is 10.3 Å². The molecule has 0 spiro atoms. The van der Waals surface area contributed by atoms with Crippen LogP contribution in [0.3, 0.4) is 0 Å². The second kappa shape index (κ2) is 6.86. The number of hydrogen-bond donors (Lipinski definition) is 1. The lowest BCUT2D eigenvalue weighted by Crippen LogP contribution is -2.22. The fraction of sp³-hybridized carbons (Fsp3) is 0.421. The van der Waals surface area contributed by atoms with E-state index in [1.807, 2.05) is 12.3 Å². The SMILES string of the molecule is CCNC(CC1=CCCCC1)c1cccc2ncccc12. The van der Waals surface area contributed by atoms with Gasteiger partial charge in [-0.25, -0.2) is 0 Å². The Bertz CT molecular complexity index is 625. The minimum atomic E-state index is 0.396. The van der Waals surface area contributed by atoms with E-state index in [9.17, 15) is 0 Å². The molecule has 2 nitrogen and oxygen atoms in total. The number of allylic oxidation sites excluding steroid dienone is 1. The molecule has 1 atom stereocenters. The third kappa shape index (κ3) is 3.33. The fourth-order valence-corrected chi connectivity index (χ4v) is 3.32. The van der Waals surface area contributed by atoms with E-state index in [0.717, 1.165) is 18.5 Å². The minimum Gasteiger partial charge on any atom is -0.310 e. The Hall–Kier alpha value is -1.67. The average Bonchev–Trinajstić information content (AvgIpc) is 2.55. The number of pyridine rings is 1. The van der Waals surface area contributed by atoms with E-state index < -0.39 is 0 Å². The highest BCUT2D eigenvalue weighted by Crippen LogP contribution is 2.31. The smallest absolute Gasteiger partial charge is 0.0705 e. The molecule has 1 heterocycles. The lowest BCUT2D eigenvalue weighted by Gasteiger charge is -2.23. The van der Waals surface area contributed by atoms with Crippen molar-refractivity contribution >= 4 is 10.9 Å². The van der Waals surface area contributed by atoms with E-state index in [1.54, 1.807) is 5.57 Å². The minimum absolute atomic E-state index is 0.396. The number of rotatable bonds is 5. The Kier molecular flexibility index (Phi) is 4.66. The Balaban J connectivity index is 1.93. The molecular weight excluding hydrogens is 256 g/mol. The van der Waals surface area contributed by atoms with Crippen molar-refractivity contribution in [3.8, 4) is 0 Å². The van der Waals surface area contributed by atoms with E-state index in [-0.39, 0.29) is 0 Å². The van der Waals surface area contributed by atoms with Crippen LogP contribution in [-0.2, 0) is 0 Å². The molecule has 21 heavy (non-hydrogen) atoms. The molecular formula is C19H24N2. The zero-order chi connectivity index (χ0) is 14.5. The van der Waals surface area contributed by atoms with Gasteiger partial charge in [0.05, 0.1) is 5.52 Å². The Morgan fingerprint density at radius 3 is 2.95 bits per heavy atom. The Labute approximate surface area is 127 Å². The summed E-state index contributed by atoms with van der Waals surface area (Å²) in [6.07, 6.45) is 10.7. The third-order valence-corrected chi connectivity index (χ3v) is 4.36. The van der Waals surface area contributed by atoms with Crippen LogP contribution >= 0.6 is 0 Å². The van der Waals surface area contributed by atoms with Gasteiger partial charge < -0.3 is 5.32 Å². The van der Waals surface area contributed by atoms with Crippen molar-refractivity contribution in [1.29, 1.82) is 0 Å². The van der Waals surface area contributed by atoms with Crippen LogP contribution in [0.4, 0.5) is 0 Å². The average molecular weight is 280 g/mol. The fourth-order valence-electron chi connectivity index (χ4n) is 3.32. The van der Waals surface area contributed by atoms with Crippen LogP contribution in [-0.4, -0.2) is 11.5 Å². The highest BCUT2D eigenvalue weighted by atomic mass is 14.9. The van der Waals surface area contributed by atoms with Gasteiger partial charge in [-0.15, -0.1) is 0 Å². The molecule has 3 rings (SSSR count). The molecule has 1 unspecified atom stereocenters. The molecule has 1 aliphatic carbocycles. The van der Waals surface area contributed by atoms with Gasteiger partial charge >= 0.3 is 0 Å². The summed E-state index contributed by atoms with van der Waals surface area (Å²) in [5.74, 6) is 0. The van der Waals surface area contributed by atoms with Crippen LogP contribution < -0.4 is 5.32 Å². The summed E-state index contributed by atoms with van der Waals surface area (Å²) in [4.78, 5) is 4.49. The second-order valence-corrected chi connectivity index (χ2v) is 5.84. The van der Waals surface area contributed by atoms with Crippen LogP contribution in [0.2, 0.25) is 0 Å². The maximum atomic E-state index is 4.49. The van der Waals surface area contributed by atoms with Gasteiger partial charge in [-0.1, -0.05) is 36.8 Å². The van der Waals surface area contributed by atoms with Crippen LogP contribution in [0.25, 0.3) is 10.9 Å². The molecule has 2 aromatic rings. The lowest BCUT2D eigenvalue weighted by molar-refractivity contribution is 0.530. The molecule has 0 saturated heterocycles. The van der Waals surface area contributed by atoms with Gasteiger partial charge in [-0.05, 0) is 56.3 Å². The van der Waals surface area contributed by atoms with Gasteiger partial charge in [0.1, 0.15) is 0 Å². The van der Waals surface area contributed by atoms with Crippen LogP contribution in [0.1, 0.15) is 50.6 Å². The summed E-state index contributed by atoms with van der Waals surface area (Å²) in [5.41, 5.74) is 4.09. The molecule has 1 aliphatic rings. The normalized spacial score (nSPS) is 16.7. The summed E-state index contributed by atoms with van der Waals surface area (Å²) in [7, 11) is 0. The molecule has 0 aliphatic heterocycles. The highest BCUT2D eigenvalue weighted by molar-refractivity contribution is 5.82. The van der Waals surface area contributed by atoms with E-state index in [0.29, 0.717) is 6.04 Å². The summed E-state index contributed by atoms with van der Waals surface area (Å²) in [6, 6.07) is 11.1. The van der Waals surface area contributed by atoms with Gasteiger partial charge in [0.25, 0.3) is 0 Å². The Morgan fingerprint density at radius 2 is 2.14 bits per heavy atom. The lowest BCUT2D eigenvalue weighted by atomic mass is 9.90. The quantitative estimate of drug-likeness (QED) is 0.798. The number of nitrogens with zero attached hydrogens (tertiary/aromatic N) is 1. The van der Waals surface area contributed by atoms with Crippen molar-refractivity contribution in [3.63, 3.8) is 0 Å². The van der Waals surface area contributed by atoms with Crippen LogP contribution in [0.5, 0.6) is 0 Å². The maximum absolute atomic E-state index is 4.49. The monoisotopic (exact) mass is 280 g/mol. The highest BCUT2D eigenvalue weighted by Gasteiger charge is 2.16. The maximum Gasteiger partial charge on any atom is 0.0705 e. The van der Waals surface area contributed by atoms with E-state index in [2.05, 4.69) is 47.6 Å². The number of hydrogen-bond acceptors (Lipinski definition) is 2. The predicted octanol–water partition coefficient (Wildman–Crippen LogP) is 4.78. The zero-order valence-electron chi connectivity index (χ0n) is 12.8. The number of benzene rings is 1. The first-order chi connectivity index (χ1) is 10.4. The van der Waals surface area contributed by atoms with Crippen LogP contribution in [0.15, 0.2) is 48.2 Å². The first-order valence-corrected chi connectivity index (χ1v) is 8.13. The third-order valence-electron chi connectivity index (χ3n) is 4.36. The van der Waals surface area contributed by atoms with Gasteiger partial charge in [0.15, 0.2) is 0 Å². The molecule has 0 saturated carbocycles. The van der Waals surface area contributed by atoms with E-state index in [1.165, 1.54) is 36.6 Å². The summed E-state index contributed by atoms with van der Waals surface area (Å²) in [5, 5.41) is 4.95. The van der Waals surface area contributed by atoms with Gasteiger partial charge in [-0.3, -0.25) is 4.98 Å². The molecule has 0 fully saturated rings. The van der Waals surface area contributed by atoms with Crippen molar-refractivity contribution in [2.75, 3.05) is 6.54 Å². The van der Waals surface area contributed by atoms with Gasteiger partial charge in [0.2, 0.25) is 0 Å². The molecule has 2 heteroatoms. The van der Waals surface area contributed by atoms with Gasteiger partial charge in [-0.2, -0.15) is 0 Å². The van der Waals surface area contributed by atoms with Crippen LogP contribution in [0, 0.1) is 0 Å². The standard InChI is InChI=1S/C19H24N2/c1-2-20-19(14-15-8-4-3-5-9-15)17-10-6-12-18-16(17)11-7-13-21-18/h6-8,10-13,19-20H,2-5,9,14H2,1H3. The van der Waals surface area contributed by atoms with Crippen molar-refractivity contribution in [3.05, 3.63) is 53.7 Å². The van der Waals surface area contributed by atoms with Crippen molar-refractivity contribution in [2.24, 2.45) is 0 Å². The Morgan fingerprint density at radius 1 is 1.19 bits per heavy atom. The number of fused-ring (bicyclic) bond motifs is 1. The topological polar surface area (TPSA) is 24.9 Å². The second-order valence-electron chi connectivity index (χ2n) is 5.84. The molecule has 0 amide bonds. The summed E-state index contributed by atoms with van der Waals surface area (Å²) in [6.45, 7) is 3.18. The molecule has 1 aromatic carbocycles. The molecule has 1 N–H and O–H groups in total. The summed E-state index contributed by atoms with van der Waals surface area (Å²) >= 11 is 0. The first-order valence-electron chi connectivity index (χ1n) is 8.13. The zero-order valence-corrected chi connectivity index (χ0v) is 12.8. The van der Waals surface area contributed by atoms with E-state index >= 15 is 0 Å². The number of aromatic nitrogens is 1.